The number of carbonyl (C=O) groups is 1. The lowest BCUT2D eigenvalue weighted by Crippen LogP contribution is -2.24. The number of anilines is 1. The molecule has 1 aromatic carbocycles. The van der Waals surface area contributed by atoms with E-state index in [0.29, 0.717) is 11.4 Å². The third kappa shape index (κ3) is 2.66. The second kappa shape index (κ2) is 4.35. The third-order valence-corrected chi connectivity index (χ3v) is 1.46. The Hall–Kier alpha value is -1.71. The maximum absolute atomic E-state index is 10.9. The maximum atomic E-state index is 10.9. The maximum Gasteiger partial charge on any atom is 0.318 e. The van der Waals surface area contributed by atoms with Crippen LogP contribution in [0.3, 0.4) is 0 Å². The number of hydrogen-bond acceptors (Lipinski definition) is 2. The molecule has 1 radical (unpaired) electrons. The van der Waals surface area contributed by atoms with Crippen molar-refractivity contribution in [2.24, 2.45) is 0 Å². The summed E-state index contributed by atoms with van der Waals surface area (Å²) in [5, 5.41) is 5.02. The fourth-order valence-corrected chi connectivity index (χ4v) is 0.825. The average Bonchev–Trinajstić information content (AvgIpc) is 2.18. The molecule has 0 spiro atoms. The molecule has 0 atom stereocenters. The smallest absolute Gasteiger partial charge is 0.318 e. The van der Waals surface area contributed by atoms with Gasteiger partial charge in [0.15, 0.2) is 0 Å². The highest BCUT2D eigenvalue weighted by Gasteiger charge is 1.99. The van der Waals surface area contributed by atoms with Gasteiger partial charge in [0.2, 0.25) is 0 Å². The number of carbonyl (C=O) groups excluding carboxylic acids is 1. The van der Waals surface area contributed by atoms with Crippen molar-refractivity contribution in [2.75, 3.05) is 19.5 Å². The topological polar surface area (TPSA) is 50.4 Å². The van der Waals surface area contributed by atoms with Gasteiger partial charge in [-0.1, -0.05) is 6.07 Å². The number of benzene rings is 1. The van der Waals surface area contributed by atoms with Crippen LogP contribution in [0.15, 0.2) is 18.2 Å². The van der Waals surface area contributed by atoms with Crippen molar-refractivity contribution >= 4 is 11.7 Å². The van der Waals surface area contributed by atoms with Gasteiger partial charge in [-0.25, -0.2) is 4.79 Å². The number of ether oxygens (including phenoxy) is 1. The fourth-order valence-electron chi connectivity index (χ4n) is 0.825. The van der Waals surface area contributed by atoms with E-state index in [1.165, 1.54) is 0 Å². The fraction of sp³-hybridized carbons (Fsp3) is 0.222. The van der Waals surface area contributed by atoms with Gasteiger partial charge in [0.1, 0.15) is 5.75 Å². The van der Waals surface area contributed by atoms with Crippen molar-refractivity contribution in [3.05, 3.63) is 24.3 Å². The van der Waals surface area contributed by atoms with Crippen LogP contribution in [0.25, 0.3) is 0 Å². The van der Waals surface area contributed by atoms with Crippen LogP contribution in [0.4, 0.5) is 10.5 Å². The van der Waals surface area contributed by atoms with Crippen molar-refractivity contribution in [1.82, 2.24) is 5.32 Å². The molecule has 13 heavy (non-hydrogen) atoms. The highest BCUT2D eigenvalue weighted by Crippen LogP contribution is 2.14. The van der Waals surface area contributed by atoms with Crippen molar-refractivity contribution in [3.8, 4) is 5.75 Å². The lowest BCUT2D eigenvalue weighted by atomic mass is 10.3. The molecule has 0 fully saturated rings. The molecule has 0 saturated heterocycles. The standard InChI is InChI=1S/C9H11N2O2/c1-10-9(12)11-7-4-3-5-8(6-7)13-2/h3-5H,1-2H3,(H2,10,11,12). The summed E-state index contributed by atoms with van der Waals surface area (Å²) in [4.78, 5) is 10.9. The molecule has 1 aromatic rings. The minimum Gasteiger partial charge on any atom is -0.496 e. The molecule has 0 heterocycles. The van der Waals surface area contributed by atoms with E-state index in [-0.39, 0.29) is 6.03 Å². The molecule has 2 N–H and O–H groups in total. The van der Waals surface area contributed by atoms with Gasteiger partial charge in [0.05, 0.1) is 18.9 Å². The summed E-state index contributed by atoms with van der Waals surface area (Å²) in [7, 11) is 3.10. The first-order valence-corrected chi connectivity index (χ1v) is 3.81. The molecule has 0 bridgehead atoms. The quantitative estimate of drug-likeness (QED) is 0.717. The molecule has 69 valence electrons. The molecular weight excluding hydrogens is 168 g/mol. The summed E-state index contributed by atoms with van der Waals surface area (Å²) in [5.41, 5.74) is 0.582. The SMILES string of the molecule is CNC(=O)Nc1[c]c(OC)ccc1. The molecule has 0 aromatic heterocycles. The Labute approximate surface area is 76.9 Å². The lowest BCUT2D eigenvalue weighted by molar-refractivity contribution is 0.254. The number of urea groups is 1. The highest BCUT2D eigenvalue weighted by molar-refractivity contribution is 5.88. The van der Waals surface area contributed by atoms with E-state index in [2.05, 4.69) is 16.7 Å². The van der Waals surface area contributed by atoms with Gasteiger partial charge in [-0.2, -0.15) is 0 Å². The zero-order valence-electron chi connectivity index (χ0n) is 7.55. The van der Waals surface area contributed by atoms with E-state index in [9.17, 15) is 4.79 Å². The third-order valence-electron chi connectivity index (χ3n) is 1.46. The zero-order chi connectivity index (χ0) is 9.68. The van der Waals surface area contributed by atoms with Crippen LogP contribution in [0.1, 0.15) is 0 Å². The number of hydrogen-bond donors (Lipinski definition) is 2. The van der Waals surface area contributed by atoms with Gasteiger partial charge < -0.3 is 15.4 Å². The molecular formula is C9H11N2O2. The van der Waals surface area contributed by atoms with Gasteiger partial charge >= 0.3 is 6.03 Å². The Balaban J connectivity index is 2.71. The number of rotatable bonds is 2. The molecule has 4 heteroatoms. The number of nitrogens with one attached hydrogen (secondary N) is 2. The molecule has 0 saturated carbocycles. The van der Waals surface area contributed by atoms with Crippen molar-refractivity contribution in [2.45, 2.75) is 0 Å². The zero-order valence-corrected chi connectivity index (χ0v) is 7.55. The first-order valence-electron chi connectivity index (χ1n) is 3.81. The first kappa shape index (κ1) is 9.38. The first-order chi connectivity index (χ1) is 6.26. The minimum absolute atomic E-state index is 0.274. The van der Waals surface area contributed by atoms with E-state index in [0.717, 1.165) is 0 Å². The van der Waals surface area contributed by atoms with Crippen molar-refractivity contribution in [1.29, 1.82) is 0 Å². The van der Waals surface area contributed by atoms with Gasteiger partial charge in [-0.15, -0.1) is 0 Å². The van der Waals surface area contributed by atoms with Gasteiger partial charge in [0.25, 0.3) is 0 Å². The molecule has 0 aliphatic heterocycles. The Morgan fingerprint density at radius 3 is 2.92 bits per heavy atom. The largest absolute Gasteiger partial charge is 0.496 e. The Kier molecular flexibility index (Phi) is 3.14. The van der Waals surface area contributed by atoms with Crippen LogP contribution < -0.4 is 15.4 Å². The normalized spacial score (nSPS) is 9.08. The lowest BCUT2D eigenvalue weighted by Gasteiger charge is -2.04. The Bertz CT molecular complexity index is 299. The van der Waals surface area contributed by atoms with Crippen LogP contribution in [-0.4, -0.2) is 20.2 Å². The van der Waals surface area contributed by atoms with E-state index in [1.807, 2.05) is 0 Å². The van der Waals surface area contributed by atoms with E-state index in [4.69, 9.17) is 4.74 Å². The van der Waals surface area contributed by atoms with Crippen LogP contribution >= 0.6 is 0 Å². The number of methoxy groups -OCH3 is 1. The Morgan fingerprint density at radius 2 is 2.31 bits per heavy atom. The second-order valence-electron chi connectivity index (χ2n) is 2.34. The van der Waals surface area contributed by atoms with Crippen molar-refractivity contribution in [3.63, 3.8) is 0 Å². The second-order valence-corrected chi connectivity index (χ2v) is 2.34. The predicted molar refractivity (Wildman–Crippen MR) is 49.9 cm³/mol. The van der Waals surface area contributed by atoms with Gasteiger partial charge in [-0.3, -0.25) is 0 Å². The summed E-state index contributed by atoms with van der Waals surface area (Å²) < 4.78 is 4.94. The van der Waals surface area contributed by atoms with Crippen LogP contribution in [-0.2, 0) is 0 Å². The highest BCUT2D eigenvalue weighted by atomic mass is 16.5. The van der Waals surface area contributed by atoms with E-state index < -0.39 is 0 Å². The molecule has 1 rings (SSSR count). The monoisotopic (exact) mass is 179 g/mol. The van der Waals surface area contributed by atoms with Gasteiger partial charge in [0, 0.05) is 7.05 Å². The van der Waals surface area contributed by atoms with Gasteiger partial charge in [-0.05, 0) is 12.1 Å². The minimum atomic E-state index is -0.274. The number of amides is 2. The van der Waals surface area contributed by atoms with Crippen LogP contribution in [0, 0.1) is 6.07 Å². The molecule has 4 nitrogen and oxygen atoms in total. The predicted octanol–water partition coefficient (Wildman–Crippen LogP) is 1.25. The Morgan fingerprint density at radius 1 is 1.54 bits per heavy atom. The molecule has 0 aliphatic rings. The van der Waals surface area contributed by atoms with E-state index >= 15 is 0 Å². The summed E-state index contributed by atoms with van der Waals surface area (Å²) in [6, 6.07) is 7.86. The van der Waals surface area contributed by atoms with Crippen LogP contribution in [0.2, 0.25) is 0 Å². The summed E-state index contributed by atoms with van der Waals surface area (Å²) in [6.07, 6.45) is 0. The molecule has 0 unspecified atom stereocenters. The average molecular weight is 179 g/mol. The summed E-state index contributed by atoms with van der Waals surface area (Å²) in [5.74, 6) is 0.592. The molecule has 2 amide bonds. The van der Waals surface area contributed by atoms with Crippen LogP contribution in [0.5, 0.6) is 5.75 Å². The summed E-state index contributed by atoms with van der Waals surface area (Å²) >= 11 is 0. The summed E-state index contributed by atoms with van der Waals surface area (Å²) in [6.45, 7) is 0. The van der Waals surface area contributed by atoms with Crippen molar-refractivity contribution < 1.29 is 9.53 Å². The van der Waals surface area contributed by atoms with E-state index in [1.54, 1.807) is 32.4 Å². The molecule has 0 aliphatic carbocycles.